The maximum Gasteiger partial charge on any atom is 0.335 e. The highest BCUT2D eigenvalue weighted by molar-refractivity contribution is 5.92. The molecule has 5 heteroatoms. The highest BCUT2D eigenvalue weighted by Crippen LogP contribution is 2.23. The van der Waals surface area contributed by atoms with E-state index in [-0.39, 0.29) is 0 Å². The molecular weight excluding hydrogens is 256 g/mol. The van der Waals surface area contributed by atoms with Gasteiger partial charge in [0.15, 0.2) is 0 Å². The predicted octanol–water partition coefficient (Wildman–Crippen LogP) is 2.33. The Morgan fingerprint density at radius 2 is 2.40 bits per heavy atom. The molecular formula is C15H18N2O3. The van der Waals surface area contributed by atoms with Gasteiger partial charge in [-0.15, -0.1) is 0 Å². The minimum absolute atomic E-state index is 0.309. The Morgan fingerprint density at radius 1 is 1.55 bits per heavy atom. The average molecular weight is 274 g/mol. The number of aryl methyl sites for hydroxylation is 1. The number of ether oxygens (including phenoxy) is 1. The standard InChI is InChI=1S/C15H18N2O3/c1-2-14-16-12-4-3-11(15(18)19)7-13(12)17(14)8-10-5-6-20-9-10/h3-4,7,10H,2,5-6,8-9H2,1H3,(H,18,19). The number of carboxylic acid groups (broad SMARTS) is 1. The van der Waals surface area contributed by atoms with E-state index >= 15 is 0 Å². The van der Waals surface area contributed by atoms with E-state index in [1.54, 1.807) is 18.2 Å². The van der Waals surface area contributed by atoms with E-state index in [9.17, 15) is 4.79 Å². The summed E-state index contributed by atoms with van der Waals surface area (Å²) in [6, 6.07) is 5.12. The van der Waals surface area contributed by atoms with Crippen molar-refractivity contribution in [1.82, 2.24) is 9.55 Å². The molecule has 2 heterocycles. The molecule has 20 heavy (non-hydrogen) atoms. The Bertz CT molecular complexity index is 642. The number of benzene rings is 1. The zero-order valence-corrected chi connectivity index (χ0v) is 11.5. The third-order valence-electron chi connectivity index (χ3n) is 3.86. The molecule has 5 nitrogen and oxygen atoms in total. The number of aromatic nitrogens is 2. The van der Waals surface area contributed by atoms with Crippen LogP contribution < -0.4 is 0 Å². The third kappa shape index (κ3) is 2.29. The van der Waals surface area contributed by atoms with Crippen LogP contribution in [-0.2, 0) is 17.7 Å². The normalized spacial score (nSPS) is 18.8. The van der Waals surface area contributed by atoms with Crippen LogP contribution in [0, 0.1) is 5.92 Å². The number of aromatic carboxylic acids is 1. The highest BCUT2D eigenvalue weighted by atomic mass is 16.5. The van der Waals surface area contributed by atoms with Gasteiger partial charge in [-0.05, 0) is 24.6 Å². The Kier molecular flexibility index (Phi) is 3.44. The zero-order valence-electron chi connectivity index (χ0n) is 11.5. The van der Waals surface area contributed by atoms with Crippen molar-refractivity contribution in [3.8, 4) is 0 Å². The molecule has 1 fully saturated rings. The molecule has 0 radical (unpaired) electrons. The smallest absolute Gasteiger partial charge is 0.335 e. The van der Waals surface area contributed by atoms with Crippen LogP contribution in [0.3, 0.4) is 0 Å². The lowest BCUT2D eigenvalue weighted by atomic mass is 10.1. The van der Waals surface area contributed by atoms with Crippen LogP contribution >= 0.6 is 0 Å². The largest absolute Gasteiger partial charge is 0.478 e. The number of rotatable bonds is 4. The first-order valence-electron chi connectivity index (χ1n) is 6.99. The first-order valence-corrected chi connectivity index (χ1v) is 6.99. The van der Waals surface area contributed by atoms with Gasteiger partial charge in [-0.1, -0.05) is 6.92 Å². The molecule has 1 aromatic carbocycles. The molecule has 1 atom stereocenters. The Labute approximate surface area is 117 Å². The summed E-state index contributed by atoms with van der Waals surface area (Å²) in [6.07, 6.45) is 1.89. The van der Waals surface area contributed by atoms with E-state index in [0.29, 0.717) is 11.5 Å². The first-order chi connectivity index (χ1) is 9.69. The average Bonchev–Trinajstić information content (AvgIpc) is 3.06. The SMILES string of the molecule is CCc1nc2ccc(C(=O)O)cc2n1CC1CCOC1. The maximum atomic E-state index is 11.1. The summed E-state index contributed by atoms with van der Waals surface area (Å²) in [7, 11) is 0. The zero-order chi connectivity index (χ0) is 14.1. The van der Waals surface area contributed by atoms with E-state index in [4.69, 9.17) is 9.84 Å². The predicted molar refractivity (Wildman–Crippen MR) is 75.0 cm³/mol. The monoisotopic (exact) mass is 274 g/mol. The highest BCUT2D eigenvalue weighted by Gasteiger charge is 2.19. The van der Waals surface area contributed by atoms with Gasteiger partial charge in [0.2, 0.25) is 0 Å². The molecule has 1 aliphatic rings. The number of hydrogen-bond donors (Lipinski definition) is 1. The molecule has 1 aromatic heterocycles. The number of carbonyl (C=O) groups is 1. The van der Waals surface area contributed by atoms with Gasteiger partial charge in [0.25, 0.3) is 0 Å². The summed E-state index contributed by atoms with van der Waals surface area (Å²) < 4.78 is 7.58. The lowest BCUT2D eigenvalue weighted by Crippen LogP contribution is -2.13. The van der Waals surface area contributed by atoms with Crippen LogP contribution in [0.25, 0.3) is 11.0 Å². The Hall–Kier alpha value is -1.88. The lowest BCUT2D eigenvalue weighted by molar-refractivity contribution is 0.0697. The summed E-state index contributed by atoms with van der Waals surface area (Å²) in [6.45, 7) is 4.52. The molecule has 0 aliphatic carbocycles. The lowest BCUT2D eigenvalue weighted by Gasteiger charge is -2.12. The Balaban J connectivity index is 2.05. The molecule has 3 rings (SSSR count). The fourth-order valence-corrected chi connectivity index (χ4v) is 2.76. The van der Waals surface area contributed by atoms with Crippen molar-refractivity contribution in [2.75, 3.05) is 13.2 Å². The minimum atomic E-state index is -0.901. The van der Waals surface area contributed by atoms with Crippen LogP contribution in [0.4, 0.5) is 0 Å². The number of hydrogen-bond acceptors (Lipinski definition) is 3. The van der Waals surface area contributed by atoms with E-state index in [1.807, 2.05) is 0 Å². The third-order valence-corrected chi connectivity index (χ3v) is 3.86. The van der Waals surface area contributed by atoms with Gasteiger partial charge in [0, 0.05) is 25.5 Å². The molecule has 0 saturated carbocycles. The minimum Gasteiger partial charge on any atom is -0.478 e. The van der Waals surface area contributed by atoms with Crippen LogP contribution in [0.1, 0.15) is 29.5 Å². The van der Waals surface area contributed by atoms with Gasteiger partial charge < -0.3 is 14.4 Å². The van der Waals surface area contributed by atoms with Gasteiger partial charge in [0.05, 0.1) is 23.2 Å². The fraction of sp³-hybridized carbons (Fsp3) is 0.467. The van der Waals surface area contributed by atoms with Crippen LogP contribution in [0.15, 0.2) is 18.2 Å². The summed E-state index contributed by atoms with van der Waals surface area (Å²) in [5, 5.41) is 9.13. The van der Waals surface area contributed by atoms with Crippen molar-refractivity contribution in [1.29, 1.82) is 0 Å². The molecule has 0 amide bonds. The van der Waals surface area contributed by atoms with Gasteiger partial charge in [-0.3, -0.25) is 0 Å². The van der Waals surface area contributed by atoms with Crippen LogP contribution in [0.2, 0.25) is 0 Å². The van der Waals surface area contributed by atoms with Gasteiger partial charge in [-0.2, -0.15) is 0 Å². The molecule has 0 bridgehead atoms. The van der Waals surface area contributed by atoms with Crippen LogP contribution in [-0.4, -0.2) is 33.8 Å². The number of imidazole rings is 1. The number of fused-ring (bicyclic) bond motifs is 1. The molecule has 1 saturated heterocycles. The quantitative estimate of drug-likeness (QED) is 0.929. The summed E-state index contributed by atoms with van der Waals surface area (Å²) >= 11 is 0. The summed E-state index contributed by atoms with van der Waals surface area (Å²) in [4.78, 5) is 15.7. The second kappa shape index (κ2) is 5.25. The van der Waals surface area contributed by atoms with Crippen molar-refractivity contribution in [3.63, 3.8) is 0 Å². The second-order valence-electron chi connectivity index (χ2n) is 5.23. The van der Waals surface area contributed by atoms with E-state index in [1.165, 1.54) is 0 Å². The molecule has 1 unspecified atom stereocenters. The second-order valence-corrected chi connectivity index (χ2v) is 5.23. The van der Waals surface area contributed by atoms with Crippen molar-refractivity contribution >= 4 is 17.0 Å². The van der Waals surface area contributed by atoms with Gasteiger partial charge >= 0.3 is 5.97 Å². The number of nitrogens with zero attached hydrogens (tertiary/aromatic N) is 2. The maximum absolute atomic E-state index is 11.1. The molecule has 1 aliphatic heterocycles. The van der Waals surface area contributed by atoms with Crippen molar-refractivity contribution < 1.29 is 14.6 Å². The first kappa shape index (κ1) is 13.1. The van der Waals surface area contributed by atoms with E-state index in [2.05, 4.69) is 16.5 Å². The number of carboxylic acids is 1. The molecule has 0 spiro atoms. The molecule has 2 aromatic rings. The van der Waals surface area contributed by atoms with Gasteiger partial charge in [-0.25, -0.2) is 9.78 Å². The van der Waals surface area contributed by atoms with Crippen molar-refractivity contribution in [2.24, 2.45) is 5.92 Å². The van der Waals surface area contributed by atoms with E-state index < -0.39 is 5.97 Å². The topological polar surface area (TPSA) is 64.3 Å². The summed E-state index contributed by atoms with van der Waals surface area (Å²) in [5.41, 5.74) is 2.09. The van der Waals surface area contributed by atoms with Crippen molar-refractivity contribution in [2.45, 2.75) is 26.3 Å². The molecule has 106 valence electrons. The van der Waals surface area contributed by atoms with Crippen LogP contribution in [0.5, 0.6) is 0 Å². The van der Waals surface area contributed by atoms with Crippen molar-refractivity contribution in [3.05, 3.63) is 29.6 Å². The van der Waals surface area contributed by atoms with Gasteiger partial charge in [0.1, 0.15) is 5.82 Å². The fourth-order valence-electron chi connectivity index (χ4n) is 2.76. The summed E-state index contributed by atoms with van der Waals surface area (Å²) in [5.74, 6) is 0.600. The molecule has 1 N–H and O–H groups in total. The van der Waals surface area contributed by atoms with E-state index in [0.717, 1.165) is 49.5 Å². The Morgan fingerprint density at radius 3 is 3.05 bits per heavy atom.